The van der Waals surface area contributed by atoms with Crippen LogP contribution < -0.4 is 27.1 Å². The first kappa shape index (κ1) is 49.9. The van der Waals surface area contributed by atoms with Gasteiger partial charge in [-0.25, -0.2) is 26.8 Å². The number of nitrogens with zero attached hydrogens (tertiary/aromatic N) is 5. The molecule has 2 fully saturated rings. The molecular weight excluding hydrogens is 952 g/mol. The van der Waals surface area contributed by atoms with Crippen LogP contribution in [0.15, 0.2) is 107 Å². The molecule has 67 heavy (non-hydrogen) atoms. The number of sulfone groups is 2. The molecule has 2 aromatic carbocycles. The molecule has 6 aromatic rings. The van der Waals surface area contributed by atoms with E-state index < -0.39 is 66.3 Å². The van der Waals surface area contributed by atoms with Crippen molar-refractivity contribution in [3.8, 4) is 0 Å². The Hall–Kier alpha value is -6.52. The number of hydrogen-bond acceptors (Lipinski definition) is 13. The number of pyridine rings is 4. The summed E-state index contributed by atoms with van der Waals surface area (Å²) in [4.78, 5) is 84.5. The van der Waals surface area contributed by atoms with E-state index >= 15 is 0 Å². The number of aromatic nitrogens is 4. The highest BCUT2D eigenvalue weighted by Crippen LogP contribution is 2.18. The summed E-state index contributed by atoms with van der Waals surface area (Å²) in [5.41, 5.74) is 0.505. The number of amides is 3. The van der Waals surface area contributed by atoms with Gasteiger partial charge in [0.25, 0.3) is 22.9 Å². The molecule has 0 radical (unpaired) electrons. The van der Waals surface area contributed by atoms with Crippen molar-refractivity contribution in [1.82, 2.24) is 40.0 Å². The molecule has 0 saturated carbocycles. The number of nitrogens with one attached hydrogen (secondary N) is 3. The summed E-state index contributed by atoms with van der Waals surface area (Å²) < 4.78 is 46.5. The van der Waals surface area contributed by atoms with E-state index in [0.29, 0.717) is 33.9 Å². The largest absolute Gasteiger partial charge is 0.480 e. The summed E-state index contributed by atoms with van der Waals surface area (Å²) in [6.45, 7) is 0.918. The van der Waals surface area contributed by atoms with Gasteiger partial charge in [-0.15, -0.1) is 0 Å². The Morgan fingerprint density at radius 1 is 0.672 bits per heavy atom. The fraction of sp³-hybridized carbons (Fsp3) is 0.273. The van der Waals surface area contributed by atoms with Crippen molar-refractivity contribution in [3.05, 3.63) is 150 Å². The number of carbonyl (C=O) groups is 4. The van der Waals surface area contributed by atoms with E-state index in [1.54, 1.807) is 72.8 Å². The van der Waals surface area contributed by atoms with Gasteiger partial charge in [0.05, 0.1) is 10.5 Å². The van der Waals surface area contributed by atoms with Crippen LogP contribution >= 0.6 is 23.2 Å². The van der Waals surface area contributed by atoms with E-state index in [1.807, 2.05) is 0 Å². The van der Waals surface area contributed by atoms with E-state index in [0.717, 1.165) is 26.5 Å². The summed E-state index contributed by atoms with van der Waals surface area (Å²) in [7, 11) is -5.96. The third-order valence-corrected chi connectivity index (χ3v) is 14.2. The van der Waals surface area contributed by atoms with Gasteiger partial charge in [0.15, 0.2) is 19.7 Å². The lowest BCUT2D eigenvalue weighted by Gasteiger charge is -2.38. The molecule has 6 heterocycles. The third-order valence-electron chi connectivity index (χ3n) is 10.7. The van der Waals surface area contributed by atoms with Crippen LogP contribution in [0.1, 0.15) is 31.8 Å². The lowest BCUT2D eigenvalue weighted by molar-refractivity contribution is -0.137. The smallest absolute Gasteiger partial charge is 0.323 e. The van der Waals surface area contributed by atoms with Gasteiger partial charge in [0.1, 0.15) is 35.5 Å². The van der Waals surface area contributed by atoms with Gasteiger partial charge in [-0.05, 0) is 71.8 Å². The number of carboxylic acid groups (broad SMARTS) is 1. The first-order valence-electron chi connectivity index (χ1n) is 20.3. The lowest BCUT2D eigenvalue weighted by atomic mass is 10.1. The minimum atomic E-state index is -3.23. The normalized spacial score (nSPS) is 13.8. The Morgan fingerprint density at radius 3 is 1.45 bits per heavy atom. The number of carbonyl (C=O) groups excluding carboxylic acids is 3. The van der Waals surface area contributed by atoms with Crippen LogP contribution in [0.5, 0.6) is 0 Å². The zero-order chi connectivity index (χ0) is 48.6. The second kappa shape index (κ2) is 21.4. The minimum absolute atomic E-state index is 0.0824. The fourth-order valence-electron chi connectivity index (χ4n) is 6.64. The molecule has 0 atom stereocenters. The standard InChI is InChI=1S/C22H21ClN4O5S.C18H14ClN3O4.C4H9NO2S/c1-33(31,32)17-11-26(12-17)19(28)13-27-20-15(3-2-8-24-20)9-18(22(27)30)21(29)25-10-14-4-6-16(23)7-5-14;19-13-5-3-11(4-6-13)9-21-17(25)14-8-12-2-1-7-20-16(12)22(18(14)26)10-15(23)24;1-8(6,7)4-2-5-3-4/h2-9,17H,10-13H2,1H3,(H,25,29);1-8H,9-10H2,(H,21,25)(H,23,24);4-5H,2-3H2,1H3. The van der Waals surface area contributed by atoms with Crippen molar-refractivity contribution >= 4 is 88.6 Å². The first-order valence-corrected chi connectivity index (χ1v) is 25.0. The van der Waals surface area contributed by atoms with Crippen molar-refractivity contribution < 1.29 is 41.1 Å². The molecule has 2 aliphatic heterocycles. The number of fused-ring (bicyclic) bond motifs is 2. The Bertz CT molecular complexity index is 3190. The van der Waals surface area contributed by atoms with Gasteiger partial charge in [0, 0.05) is 85.0 Å². The number of aliphatic carboxylic acids is 1. The molecule has 4 aromatic heterocycles. The third kappa shape index (κ3) is 12.9. The van der Waals surface area contributed by atoms with E-state index in [9.17, 15) is 45.6 Å². The summed E-state index contributed by atoms with van der Waals surface area (Å²) >= 11 is 11.7. The van der Waals surface area contributed by atoms with Crippen LogP contribution in [0, 0.1) is 0 Å². The van der Waals surface area contributed by atoms with Crippen LogP contribution in [0.4, 0.5) is 0 Å². The maximum atomic E-state index is 13.1. The van der Waals surface area contributed by atoms with Crippen LogP contribution in [0.3, 0.4) is 0 Å². The molecule has 0 unspecified atom stereocenters. The second-order valence-corrected chi connectivity index (χ2v) is 21.1. The zero-order valence-corrected chi connectivity index (χ0v) is 39.0. The Balaban J connectivity index is 0.000000193. The van der Waals surface area contributed by atoms with Crippen molar-refractivity contribution in [2.24, 2.45) is 0 Å². The Labute approximate surface area is 393 Å². The average Bonchev–Trinajstić information content (AvgIpc) is 3.23. The van der Waals surface area contributed by atoms with Crippen LogP contribution in [0.2, 0.25) is 10.0 Å². The zero-order valence-electron chi connectivity index (χ0n) is 35.9. The van der Waals surface area contributed by atoms with Crippen LogP contribution in [-0.2, 0) is 55.4 Å². The number of hydrogen-bond donors (Lipinski definition) is 4. The number of carboxylic acids is 1. The number of benzene rings is 2. The minimum Gasteiger partial charge on any atom is -0.480 e. The monoisotopic (exact) mass is 994 g/mol. The van der Waals surface area contributed by atoms with Crippen LogP contribution in [0.25, 0.3) is 22.1 Å². The Kier molecular flexibility index (Phi) is 15.9. The number of rotatable bonds is 12. The molecule has 23 heteroatoms. The predicted molar refractivity (Wildman–Crippen MR) is 252 cm³/mol. The molecule has 352 valence electrons. The number of halogens is 2. The second-order valence-electron chi connectivity index (χ2n) is 15.6. The van der Waals surface area contributed by atoms with Gasteiger partial charge in [-0.2, -0.15) is 0 Å². The van der Waals surface area contributed by atoms with E-state index in [2.05, 4.69) is 25.9 Å². The average molecular weight is 996 g/mol. The molecule has 19 nitrogen and oxygen atoms in total. The lowest BCUT2D eigenvalue weighted by Crippen LogP contribution is -2.57. The molecule has 0 spiro atoms. The van der Waals surface area contributed by atoms with Crippen molar-refractivity contribution in [1.29, 1.82) is 0 Å². The summed E-state index contributed by atoms with van der Waals surface area (Å²) in [5, 5.41) is 18.8. The SMILES string of the molecule is CS(=O)(=O)C1CN(C(=O)Cn2c(=O)c(C(=O)NCc3ccc(Cl)cc3)cc3cccnc32)C1.CS(=O)(=O)C1CNC1.O=C(O)Cn1c(=O)c(C(=O)NCc2ccc(Cl)cc2)cc2cccnc21. The predicted octanol–water partition coefficient (Wildman–Crippen LogP) is 2.30. The van der Waals surface area contributed by atoms with E-state index in [1.165, 1.54) is 35.7 Å². The van der Waals surface area contributed by atoms with Gasteiger partial charge < -0.3 is 26.0 Å². The van der Waals surface area contributed by atoms with Crippen molar-refractivity contribution in [2.45, 2.75) is 36.7 Å². The summed E-state index contributed by atoms with van der Waals surface area (Å²) in [6.07, 6.45) is 5.36. The molecule has 4 N–H and O–H groups in total. The van der Waals surface area contributed by atoms with Crippen molar-refractivity contribution in [3.63, 3.8) is 0 Å². The molecule has 2 aliphatic rings. The highest BCUT2D eigenvalue weighted by molar-refractivity contribution is 7.91. The number of likely N-dealkylation sites (tertiary alicyclic amines) is 1. The van der Waals surface area contributed by atoms with Gasteiger partial charge in [-0.1, -0.05) is 47.5 Å². The molecule has 8 rings (SSSR count). The quantitative estimate of drug-likeness (QED) is 0.137. The highest BCUT2D eigenvalue weighted by atomic mass is 35.5. The summed E-state index contributed by atoms with van der Waals surface area (Å²) in [5.74, 6) is -2.78. The van der Waals surface area contributed by atoms with Gasteiger partial charge >= 0.3 is 5.97 Å². The molecule has 0 bridgehead atoms. The highest BCUT2D eigenvalue weighted by Gasteiger charge is 2.37. The topological polar surface area (TPSA) is 266 Å². The fourth-order valence-corrected chi connectivity index (χ4v) is 8.63. The van der Waals surface area contributed by atoms with Gasteiger partial charge in [0.2, 0.25) is 5.91 Å². The van der Waals surface area contributed by atoms with Crippen LogP contribution in [-0.4, -0.2) is 119 Å². The van der Waals surface area contributed by atoms with Crippen molar-refractivity contribution in [2.75, 3.05) is 38.7 Å². The molecule has 2 saturated heterocycles. The maximum absolute atomic E-state index is 13.1. The molecule has 3 amide bonds. The summed E-state index contributed by atoms with van der Waals surface area (Å²) in [6, 6.07) is 23.4. The van der Waals surface area contributed by atoms with E-state index in [4.69, 9.17) is 28.3 Å². The van der Waals surface area contributed by atoms with Gasteiger partial charge in [-0.3, -0.25) is 37.9 Å². The maximum Gasteiger partial charge on any atom is 0.323 e. The first-order chi connectivity index (χ1) is 31.7. The molecular formula is C44H44Cl2N8O11S2. The van der Waals surface area contributed by atoms with E-state index in [-0.39, 0.29) is 60.4 Å². The molecule has 0 aliphatic carbocycles. The Morgan fingerprint density at radius 2 is 1.09 bits per heavy atom.